The van der Waals surface area contributed by atoms with Gasteiger partial charge in [0.25, 0.3) is 5.91 Å². The summed E-state index contributed by atoms with van der Waals surface area (Å²) < 4.78 is 5.89. The van der Waals surface area contributed by atoms with Crippen molar-refractivity contribution in [2.24, 2.45) is 0 Å². The molecule has 21 heavy (non-hydrogen) atoms. The summed E-state index contributed by atoms with van der Waals surface area (Å²) in [5, 5.41) is 11.9. The normalized spacial score (nSPS) is 13.8. The third-order valence-corrected chi connectivity index (χ3v) is 3.44. The van der Waals surface area contributed by atoms with E-state index < -0.39 is 12.2 Å². The second-order valence-electron chi connectivity index (χ2n) is 5.37. The molecule has 0 aliphatic heterocycles. The van der Waals surface area contributed by atoms with E-state index in [1.165, 1.54) is 4.90 Å². The lowest BCUT2D eigenvalue weighted by molar-refractivity contribution is -0.135. The van der Waals surface area contributed by atoms with Crippen LogP contribution >= 0.6 is 0 Å². The van der Waals surface area contributed by atoms with Crippen LogP contribution in [-0.2, 0) is 4.79 Å². The number of rotatable bonds is 4. The van der Waals surface area contributed by atoms with Gasteiger partial charge < -0.3 is 14.7 Å². The van der Waals surface area contributed by atoms with Gasteiger partial charge in [-0.2, -0.15) is 0 Å². The highest BCUT2D eigenvalue weighted by Crippen LogP contribution is 2.34. The highest BCUT2D eigenvalue weighted by Gasteiger charge is 2.21. The van der Waals surface area contributed by atoms with Gasteiger partial charge in [0.15, 0.2) is 6.10 Å². The number of carbonyl (C=O) groups excluding carboxylic acids is 1. The van der Waals surface area contributed by atoms with E-state index in [1.807, 2.05) is 36.4 Å². The molecule has 0 spiro atoms. The zero-order valence-electron chi connectivity index (χ0n) is 12.8. The first-order valence-corrected chi connectivity index (χ1v) is 6.99. The van der Waals surface area contributed by atoms with Crippen molar-refractivity contribution in [1.82, 2.24) is 4.90 Å². The van der Waals surface area contributed by atoms with Crippen LogP contribution in [0, 0.1) is 0 Å². The smallest absolute Gasteiger partial charge is 0.262 e. The largest absolute Gasteiger partial charge is 0.480 e. The second kappa shape index (κ2) is 6.14. The van der Waals surface area contributed by atoms with Crippen molar-refractivity contribution in [3.63, 3.8) is 0 Å². The molecule has 2 atom stereocenters. The van der Waals surface area contributed by atoms with Crippen LogP contribution in [0.15, 0.2) is 36.4 Å². The van der Waals surface area contributed by atoms with Crippen LogP contribution in [0.1, 0.15) is 25.5 Å². The molecule has 0 fully saturated rings. The number of ether oxygens (including phenoxy) is 1. The van der Waals surface area contributed by atoms with E-state index in [0.717, 1.165) is 10.8 Å². The molecule has 0 bridgehead atoms. The fraction of sp³-hybridized carbons (Fsp3) is 0.353. The van der Waals surface area contributed by atoms with Gasteiger partial charge in [-0.05, 0) is 19.2 Å². The zero-order valence-corrected chi connectivity index (χ0v) is 12.8. The first kappa shape index (κ1) is 15.3. The monoisotopic (exact) mass is 287 g/mol. The van der Waals surface area contributed by atoms with Crippen molar-refractivity contribution in [3.05, 3.63) is 42.0 Å². The van der Waals surface area contributed by atoms with Crippen molar-refractivity contribution in [2.75, 3.05) is 14.1 Å². The van der Waals surface area contributed by atoms with E-state index in [-0.39, 0.29) is 5.91 Å². The van der Waals surface area contributed by atoms with Crippen LogP contribution in [0.25, 0.3) is 10.8 Å². The van der Waals surface area contributed by atoms with E-state index in [4.69, 9.17) is 4.74 Å². The molecule has 0 radical (unpaired) electrons. The van der Waals surface area contributed by atoms with Crippen LogP contribution in [0.3, 0.4) is 0 Å². The van der Waals surface area contributed by atoms with Crippen LogP contribution in [0.4, 0.5) is 0 Å². The van der Waals surface area contributed by atoms with E-state index in [0.29, 0.717) is 11.3 Å². The van der Waals surface area contributed by atoms with Gasteiger partial charge in [-0.15, -0.1) is 0 Å². The molecule has 4 heteroatoms. The third-order valence-electron chi connectivity index (χ3n) is 3.44. The number of hydrogen-bond donors (Lipinski definition) is 1. The number of aliphatic hydroxyl groups excluding tert-OH is 1. The number of carbonyl (C=O) groups is 1. The number of nitrogens with zero attached hydrogens (tertiary/aromatic N) is 1. The molecular weight excluding hydrogens is 266 g/mol. The number of amides is 1. The zero-order chi connectivity index (χ0) is 15.6. The first-order valence-electron chi connectivity index (χ1n) is 6.99. The topological polar surface area (TPSA) is 49.8 Å². The maximum absolute atomic E-state index is 12.0. The maximum Gasteiger partial charge on any atom is 0.262 e. The molecule has 2 aromatic rings. The molecule has 1 amide bonds. The van der Waals surface area contributed by atoms with Gasteiger partial charge in [-0.25, -0.2) is 0 Å². The Bertz CT molecular complexity index is 650. The Hall–Kier alpha value is -2.07. The van der Waals surface area contributed by atoms with Crippen molar-refractivity contribution in [3.8, 4) is 5.75 Å². The Morgan fingerprint density at radius 3 is 2.43 bits per heavy atom. The molecule has 0 aliphatic carbocycles. The summed E-state index contributed by atoms with van der Waals surface area (Å²) in [7, 11) is 3.39. The highest BCUT2D eigenvalue weighted by molar-refractivity contribution is 5.90. The average Bonchev–Trinajstić information content (AvgIpc) is 2.46. The van der Waals surface area contributed by atoms with Crippen molar-refractivity contribution < 1.29 is 14.6 Å². The SMILES string of the molecule is CC(Oc1c(C(C)O)ccc2ccccc12)C(=O)N(C)C. The number of likely N-dealkylation sites (N-methyl/N-ethyl adjacent to an activating group) is 1. The van der Waals surface area contributed by atoms with Crippen molar-refractivity contribution >= 4 is 16.7 Å². The summed E-state index contributed by atoms with van der Waals surface area (Å²) in [5.74, 6) is 0.463. The number of benzene rings is 2. The average molecular weight is 287 g/mol. The Morgan fingerprint density at radius 1 is 1.14 bits per heavy atom. The summed E-state index contributed by atoms with van der Waals surface area (Å²) in [6.45, 7) is 3.41. The van der Waals surface area contributed by atoms with Crippen LogP contribution in [-0.4, -0.2) is 36.1 Å². The molecule has 0 heterocycles. The molecule has 2 rings (SSSR count). The summed E-state index contributed by atoms with van der Waals surface area (Å²) in [5.41, 5.74) is 0.687. The minimum atomic E-state index is -0.661. The molecular formula is C17H21NO3. The molecule has 0 aliphatic rings. The maximum atomic E-state index is 12.0. The lowest BCUT2D eigenvalue weighted by atomic mass is 10.0. The molecule has 2 unspecified atom stereocenters. The summed E-state index contributed by atoms with van der Waals surface area (Å²) >= 11 is 0. The Labute approximate surface area is 124 Å². The van der Waals surface area contributed by atoms with Gasteiger partial charge >= 0.3 is 0 Å². The van der Waals surface area contributed by atoms with Crippen LogP contribution in [0.5, 0.6) is 5.75 Å². The van der Waals surface area contributed by atoms with E-state index in [1.54, 1.807) is 27.9 Å². The Kier molecular flexibility index (Phi) is 4.48. The molecule has 0 aromatic heterocycles. The van der Waals surface area contributed by atoms with Gasteiger partial charge in [0.1, 0.15) is 5.75 Å². The van der Waals surface area contributed by atoms with Gasteiger partial charge in [-0.1, -0.05) is 36.4 Å². The van der Waals surface area contributed by atoms with Gasteiger partial charge in [-0.3, -0.25) is 4.79 Å². The van der Waals surface area contributed by atoms with Crippen molar-refractivity contribution in [2.45, 2.75) is 26.1 Å². The number of hydrogen-bond acceptors (Lipinski definition) is 3. The minimum Gasteiger partial charge on any atom is -0.480 e. The van der Waals surface area contributed by atoms with E-state index >= 15 is 0 Å². The summed E-state index contributed by atoms with van der Waals surface area (Å²) in [4.78, 5) is 13.5. The molecule has 1 N–H and O–H groups in total. The summed E-state index contributed by atoms with van der Waals surface area (Å²) in [6, 6.07) is 11.6. The Balaban J connectivity index is 2.49. The van der Waals surface area contributed by atoms with E-state index in [9.17, 15) is 9.90 Å². The van der Waals surface area contributed by atoms with Crippen LogP contribution in [0.2, 0.25) is 0 Å². The quantitative estimate of drug-likeness (QED) is 0.940. The predicted octanol–water partition coefficient (Wildman–Crippen LogP) is 2.75. The van der Waals surface area contributed by atoms with E-state index in [2.05, 4.69) is 0 Å². The molecule has 0 saturated carbocycles. The van der Waals surface area contributed by atoms with Gasteiger partial charge in [0, 0.05) is 25.0 Å². The van der Waals surface area contributed by atoms with Gasteiger partial charge in [0.05, 0.1) is 6.10 Å². The van der Waals surface area contributed by atoms with Gasteiger partial charge in [0.2, 0.25) is 0 Å². The summed E-state index contributed by atoms with van der Waals surface area (Å²) in [6.07, 6.45) is -1.27. The second-order valence-corrected chi connectivity index (χ2v) is 5.37. The number of fused-ring (bicyclic) bond motifs is 1. The molecule has 4 nitrogen and oxygen atoms in total. The number of aliphatic hydroxyl groups is 1. The third kappa shape index (κ3) is 3.16. The lowest BCUT2D eigenvalue weighted by Gasteiger charge is -2.22. The first-order chi connectivity index (χ1) is 9.91. The lowest BCUT2D eigenvalue weighted by Crippen LogP contribution is -2.35. The molecule has 2 aromatic carbocycles. The molecule has 0 saturated heterocycles. The van der Waals surface area contributed by atoms with Crippen LogP contribution < -0.4 is 4.74 Å². The fourth-order valence-electron chi connectivity index (χ4n) is 2.31. The highest BCUT2D eigenvalue weighted by atomic mass is 16.5. The Morgan fingerprint density at radius 2 is 1.81 bits per heavy atom. The predicted molar refractivity (Wildman–Crippen MR) is 83.4 cm³/mol. The minimum absolute atomic E-state index is 0.112. The molecule has 112 valence electrons. The standard InChI is InChI=1S/C17H21NO3/c1-11(19)14-10-9-13-7-5-6-8-15(13)16(14)21-12(2)17(20)18(3)4/h5-12,19H,1-4H3. The van der Waals surface area contributed by atoms with Crippen molar-refractivity contribution in [1.29, 1.82) is 0 Å². The fourth-order valence-corrected chi connectivity index (χ4v) is 2.31.